The maximum absolute atomic E-state index is 13.2. The molecule has 2 amide bonds. The first-order chi connectivity index (χ1) is 11.9. The van der Waals surface area contributed by atoms with Crippen molar-refractivity contribution in [1.82, 2.24) is 0 Å². The van der Waals surface area contributed by atoms with Crippen molar-refractivity contribution in [1.29, 1.82) is 0 Å². The highest BCUT2D eigenvalue weighted by Gasteiger charge is 2.17. The number of rotatable bonds is 4. The first kappa shape index (κ1) is 17.2. The zero-order chi connectivity index (χ0) is 18.0. The van der Waals surface area contributed by atoms with Gasteiger partial charge in [0.15, 0.2) is 0 Å². The van der Waals surface area contributed by atoms with Crippen LogP contribution in [0.5, 0.6) is 0 Å². The molecule has 3 rings (SSSR count). The smallest absolute Gasteiger partial charge is 0.246 e. The van der Waals surface area contributed by atoms with Crippen LogP contribution in [0.4, 0.5) is 21.5 Å². The summed E-state index contributed by atoms with van der Waals surface area (Å²) >= 11 is 5.71. The van der Waals surface area contributed by atoms with Crippen molar-refractivity contribution in [3.63, 3.8) is 0 Å². The third-order valence-corrected chi connectivity index (χ3v) is 4.25. The summed E-state index contributed by atoms with van der Waals surface area (Å²) < 4.78 is 13.2. The van der Waals surface area contributed by atoms with Crippen LogP contribution < -0.4 is 16.0 Å². The molecule has 0 bridgehead atoms. The van der Waals surface area contributed by atoms with Crippen LogP contribution in [0.2, 0.25) is 5.02 Å². The summed E-state index contributed by atoms with van der Waals surface area (Å²) in [5, 5.41) is 8.58. The van der Waals surface area contributed by atoms with Gasteiger partial charge in [0, 0.05) is 23.5 Å². The van der Waals surface area contributed by atoms with E-state index in [0.29, 0.717) is 18.5 Å². The van der Waals surface area contributed by atoms with Gasteiger partial charge in [0.25, 0.3) is 0 Å². The lowest BCUT2D eigenvalue weighted by Gasteiger charge is -2.20. The number of amides is 2. The molecule has 3 N–H and O–H groups in total. The lowest BCUT2D eigenvalue weighted by atomic mass is 10.0. The monoisotopic (exact) mass is 361 g/mol. The third-order valence-electron chi connectivity index (χ3n) is 3.96. The summed E-state index contributed by atoms with van der Waals surface area (Å²) in [6.07, 6.45) is 1.13. The van der Waals surface area contributed by atoms with Crippen LogP contribution in [-0.4, -0.2) is 17.9 Å². The van der Waals surface area contributed by atoms with Crippen molar-refractivity contribution in [3.05, 3.63) is 52.8 Å². The van der Waals surface area contributed by atoms with E-state index in [1.807, 2.05) is 18.2 Å². The maximum atomic E-state index is 13.2. The molecule has 0 saturated heterocycles. The van der Waals surface area contributed by atoms with Crippen molar-refractivity contribution in [2.45, 2.75) is 25.8 Å². The normalized spacial score (nSPS) is 14.3. The number of anilines is 3. The van der Waals surface area contributed by atoms with E-state index in [-0.39, 0.29) is 16.8 Å². The van der Waals surface area contributed by atoms with E-state index >= 15 is 0 Å². The Kier molecular flexibility index (Phi) is 4.90. The molecule has 5 nitrogen and oxygen atoms in total. The van der Waals surface area contributed by atoms with E-state index in [1.54, 1.807) is 6.92 Å². The van der Waals surface area contributed by atoms with Crippen molar-refractivity contribution in [2.24, 2.45) is 0 Å². The number of carbonyl (C=O) groups excluding carboxylic acids is 2. The molecular weight excluding hydrogens is 345 g/mol. The highest BCUT2D eigenvalue weighted by atomic mass is 35.5. The van der Waals surface area contributed by atoms with Gasteiger partial charge in [-0.1, -0.05) is 11.6 Å². The lowest BCUT2D eigenvalue weighted by Crippen LogP contribution is -2.32. The van der Waals surface area contributed by atoms with Crippen molar-refractivity contribution < 1.29 is 14.0 Å². The van der Waals surface area contributed by atoms with Gasteiger partial charge < -0.3 is 16.0 Å². The van der Waals surface area contributed by atoms with Crippen LogP contribution in [-0.2, 0) is 16.0 Å². The van der Waals surface area contributed by atoms with Crippen LogP contribution in [0.1, 0.15) is 18.9 Å². The molecule has 25 heavy (non-hydrogen) atoms. The number of benzene rings is 2. The Labute approximate surface area is 149 Å². The number of halogens is 2. The summed E-state index contributed by atoms with van der Waals surface area (Å²) in [6, 6.07) is 9.06. The standard InChI is InChI=1S/C18H17ClFN3O2/c1-10(18(25)22-13-3-5-15(20)14(19)9-13)21-12-4-6-16-11(8-12)2-7-17(24)23-16/h3-6,8-10,21H,2,7H2,1H3,(H,22,25)(H,23,24). The van der Waals surface area contributed by atoms with Crippen LogP contribution in [0, 0.1) is 5.82 Å². The van der Waals surface area contributed by atoms with E-state index in [2.05, 4.69) is 16.0 Å². The molecule has 1 unspecified atom stereocenters. The molecule has 2 aromatic carbocycles. The van der Waals surface area contributed by atoms with Gasteiger partial charge in [0.2, 0.25) is 11.8 Å². The molecule has 1 aliphatic heterocycles. The summed E-state index contributed by atoms with van der Waals surface area (Å²) in [7, 11) is 0. The number of fused-ring (bicyclic) bond motifs is 1. The predicted molar refractivity (Wildman–Crippen MR) is 96.5 cm³/mol. The number of nitrogens with one attached hydrogen (secondary N) is 3. The molecule has 2 aromatic rings. The topological polar surface area (TPSA) is 70.2 Å². The molecule has 0 spiro atoms. The summed E-state index contributed by atoms with van der Waals surface area (Å²) in [6.45, 7) is 1.72. The van der Waals surface area contributed by atoms with Crippen LogP contribution >= 0.6 is 11.6 Å². The number of aryl methyl sites for hydroxylation is 1. The van der Waals surface area contributed by atoms with Gasteiger partial charge >= 0.3 is 0 Å². The molecule has 1 aliphatic rings. The van der Waals surface area contributed by atoms with Gasteiger partial charge in [-0.25, -0.2) is 4.39 Å². The zero-order valence-electron chi connectivity index (χ0n) is 13.5. The van der Waals surface area contributed by atoms with E-state index in [9.17, 15) is 14.0 Å². The molecule has 0 fully saturated rings. The van der Waals surface area contributed by atoms with Gasteiger partial charge in [-0.05, 0) is 55.3 Å². The number of hydrogen-bond acceptors (Lipinski definition) is 3. The Morgan fingerprint density at radius 3 is 2.72 bits per heavy atom. The van der Waals surface area contributed by atoms with Gasteiger partial charge in [0.1, 0.15) is 11.9 Å². The molecular formula is C18H17ClFN3O2. The predicted octanol–water partition coefficient (Wildman–Crippen LogP) is 3.80. The van der Waals surface area contributed by atoms with Crippen molar-refractivity contribution >= 4 is 40.5 Å². The number of hydrogen-bond donors (Lipinski definition) is 3. The van der Waals surface area contributed by atoms with Crippen molar-refractivity contribution in [2.75, 3.05) is 16.0 Å². The van der Waals surface area contributed by atoms with Gasteiger partial charge in [-0.15, -0.1) is 0 Å². The Balaban J connectivity index is 1.65. The minimum absolute atomic E-state index is 0.0129. The Morgan fingerprint density at radius 1 is 1.20 bits per heavy atom. The maximum Gasteiger partial charge on any atom is 0.246 e. The molecule has 130 valence electrons. The summed E-state index contributed by atoms with van der Waals surface area (Å²) in [5.41, 5.74) is 3.05. The highest BCUT2D eigenvalue weighted by molar-refractivity contribution is 6.31. The second kappa shape index (κ2) is 7.11. The quantitative estimate of drug-likeness (QED) is 0.775. The summed E-state index contributed by atoms with van der Waals surface area (Å²) in [5.74, 6) is -0.792. The molecule has 1 atom stereocenters. The minimum Gasteiger partial charge on any atom is -0.374 e. The fourth-order valence-electron chi connectivity index (χ4n) is 2.61. The second-order valence-corrected chi connectivity index (χ2v) is 6.31. The first-order valence-electron chi connectivity index (χ1n) is 7.87. The highest BCUT2D eigenvalue weighted by Crippen LogP contribution is 2.26. The SMILES string of the molecule is CC(Nc1ccc2c(c1)CCC(=O)N2)C(=O)Nc1ccc(F)c(Cl)c1. The largest absolute Gasteiger partial charge is 0.374 e. The molecule has 0 aromatic heterocycles. The van der Waals surface area contributed by atoms with Crippen LogP contribution in [0.25, 0.3) is 0 Å². The zero-order valence-corrected chi connectivity index (χ0v) is 14.3. The van der Waals surface area contributed by atoms with Crippen LogP contribution in [0.3, 0.4) is 0 Å². The van der Waals surface area contributed by atoms with E-state index in [1.165, 1.54) is 18.2 Å². The van der Waals surface area contributed by atoms with Gasteiger partial charge in [-0.3, -0.25) is 9.59 Å². The van der Waals surface area contributed by atoms with E-state index in [0.717, 1.165) is 16.9 Å². The Hall–Kier alpha value is -2.60. The fraction of sp³-hybridized carbons (Fsp3) is 0.222. The number of carbonyl (C=O) groups is 2. The van der Waals surface area contributed by atoms with Gasteiger partial charge in [0.05, 0.1) is 5.02 Å². The lowest BCUT2D eigenvalue weighted by molar-refractivity contribution is -0.117. The average Bonchev–Trinajstić information content (AvgIpc) is 2.58. The summed E-state index contributed by atoms with van der Waals surface area (Å²) in [4.78, 5) is 23.7. The van der Waals surface area contributed by atoms with Crippen LogP contribution in [0.15, 0.2) is 36.4 Å². The van der Waals surface area contributed by atoms with E-state index < -0.39 is 11.9 Å². The first-order valence-corrected chi connectivity index (χ1v) is 8.25. The average molecular weight is 362 g/mol. The second-order valence-electron chi connectivity index (χ2n) is 5.90. The fourth-order valence-corrected chi connectivity index (χ4v) is 2.79. The Morgan fingerprint density at radius 2 is 1.96 bits per heavy atom. The van der Waals surface area contributed by atoms with Gasteiger partial charge in [-0.2, -0.15) is 0 Å². The molecule has 0 aliphatic carbocycles. The third kappa shape index (κ3) is 4.09. The molecule has 1 heterocycles. The molecule has 0 saturated carbocycles. The van der Waals surface area contributed by atoms with E-state index in [4.69, 9.17) is 11.6 Å². The Bertz CT molecular complexity index is 841. The minimum atomic E-state index is -0.535. The van der Waals surface area contributed by atoms with Crippen molar-refractivity contribution in [3.8, 4) is 0 Å². The molecule has 0 radical (unpaired) electrons. The molecule has 7 heteroatoms.